The van der Waals surface area contributed by atoms with Crippen LogP contribution in [0.3, 0.4) is 0 Å². The van der Waals surface area contributed by atoms with Gasteiger partial charge in [0.25, 0.3) is 5.69 Å². The molecule has 10 nitrogen and oxygen atoms in total. The molecule has 0 bridgehead atoms. The minimum atomic E-state index is -0.965. The molecule has 34 heavy (non-hydrogen) atoms. The van der Waals surface area contributed by atoms with Crippen molar-refractivity contribution in [3.8, 4) is 5.75 Å². The summed E-state index contributed by atoms with van der Waals surface area (Å²) in [7, 11) is 0. The second-order valence-electron chi connectivity index (χ2n) is 7.43. The molecule has 1 aliphatic heterocycles. The topological polar surface area (TPSA) is 128 Å². The summed E-state index contributed by atoms with van der Waals surface area (Å²) < 4.78 is 11.1. The van der Waals surface area contributed by atoms with Crippen LogP contribution in [-0.2, 0) is 9.53 Å². The lowest BCUT2D eigenvalue weighted by Gasteiger charge is -2.36. The summed E-state index contributed by atoms with van der Waals surface area (Å²) in [4.78, 5) is 49.5. The molecule has 1 aliphatic rings. The first kappa shape index (κ1) is 24.4. The molecule has 2 aromatic rings. The van der Waals surface area contributed by atoms with Crippen molar-refractivity contribution in [3.63, 3.8) is 0 Å². The van der Waals surface area contributed by atoms with Crippen LogP contribution < -0.4 is 10.1 Å². The van der Waals surface area contributed by atoms with Crippen molar-refractivity contribution >= 4 is 23.5 Å². The molecule has 0 saturated carbocycles. The van der Waals surface area contributed by atoms with Crippen LogP contribution in [0.25, 0.3) is 0 Å². The van der Waals surface area contributed by atoms with E-state index in [9.17, 15) is 24.5 Å². The molecule has 0 spiro atoms. The Kier molecular flexibility index (Phi) is 7.62. The lowest BCUT2D eigenvalue weighted by atomic mass is 9.94. The van der Waals surface area contributed by atoms with Crippen LogP contribution in [-0.4, -0.2) is 47.4 Å². The minimum absolute atomic E-state index is 0.0836. The van der Waals surface area contributed by atoms with Gasteiger partial charge in [0.15, 0.2) is 5.78 Å². The number of urea groups is 1. The third kappa shape index (κ3) is 5.22. The smallest absolute Gasteiger partial charge is 0.338 e. The third-order valence-corrected chi connectivity index (χ3v) is 5.30. The Labute approximate surface area is 196 Å². The van der Waals surface area contributed by atoms with Crippen LogP contribution in [0.4, 0.5) is 10.5 Å². The van der Waals surface area contributed by atoms with E-state index in [1.54, 1.807) is 44.2 Å². The summed E-state index contributed by atoms with van der Waals surface area (Å²) in [5.74, 6) is -0.308. The molecule has 2 aromatic carbocycles. The minimum Gasteiger partial charge on any atom is -0.487 e. The predicted octanol–water partition coefficient (Wildman–Crippen LogP) is 3.78. The molecular weight excluding hydrogens is 442 g/mol. The predicted molar refractivity (Wildman–Crippen MR) is 122 cm³/mol. The molecule has 10 heteroatoms. The Balaban J connectivity index is 2.05. The zero-order valence-corrected chi connectivity index (χ0v) is 19.1. The van der Waals surface area contributed by atoms with E-state index in [2.05, 4.69) is 5.32 Å². The van der Waals surface area contributed by atoms with Gasteiger partial charge in [-0.15, -0.1) is 0 Å². The standard InChI is InChI=1S/C24H25N3O7/c1-4-26-20(14-34-19-11-9-16(10-12-19)15(3)28)21(23(29)33-5-2)22(25-24(26)30)17-7-6-8-18(13-17)27(31)32/h6-13,22H,4-5,14H2,1-3H3,(H,25,30)/t22-/m1/s1. The van der Waals surface area contributed by atoms with E-state index < -0.39 is 23.0 Å². The summed E-state index contributed by atoms with van der Waals surface area (Å²) in [6.45, 7) is 5.08. The molecule has 0 aromatic heterocycles. The number of ether oxygens (including phenoxy) is 2. The Morgan fingerprint density at radius 2 is 1.85 bits per heavy atom. The molecule has 0 aliphatic carbocycles. The molecule has 1 atom stereocenters. The zero-order valence-electron chi connectivity index (χ0n) is 19.1. The lowest BCUT2D eigenvalue weighted by Crippen LogP contribution is -2.49. The number of nitro groups is 1. The highest BCUT2D eigenvalue weighted by Crippen LogP contribution is 2.33. The molecule has 0 radical (unpaired) electrons. The van der Waals surface area contributed by atoms with E-state index in [0.29, 0.717) is 16.9 Å². The number of esters is 1. The van der Waals surface area contributed by atoms with E-state index in [0.717, 1.165) is 0 Å². The fourth-order valence-electron chi connectivity index (χ4n) is 3.65. The molecule has 2 amide bonds. The number of likely N-dealkylation sites (N-methyl/N-ethyl adjacent to an activating group) is 1. The summed E-state index contributed by atoms with van der Waals surface area (Å²) >= 11 is 0. The van der Waals surface area contributed by atoms with Crippen LogP contribution in [0.5, 0.6) is 5.75 Å². The number of amides is 2. The summed E-state index contributed by atoms with van der Waals surface area (Å²) in [5, 5.41) is 14.0. The van der Waals surface area contributed by atoms with E-state index in [4.69, 9.17) is 9.47 Å². The number of non-ortho nitro benzene ring substituents is 1. The summed E-state index contributed by atoms with van der Waals surface area (Å²) in [6, 6.07) is 10.8. The van der Waals surface area contributed by atoms with Crippen molar-refractivity contribution in [2.75, 3.05) is 19.8 Å². The highest BCUT2D eigenvalue weighted by Gasteiger charge is 2.38. The van der Waals surface area contributed by atoms with Gasteiger partial charge in [0.05, 0.1) is 28.8 Å². The lowest BCUT2D eigenvalue weighted by molar-refractivity contribution is -0.384. The first-order valence-corrected chi connectivity index (χ1v) is 10.7. The Morgan fingerprint density at radius 1 is 1.15 bits per heavy atom. The van der Waals surface area contributed by atoms with Gasteiger partial charge in [-0.05, 0) is 50.6 Å². The highest BCUT2D eigenvalue weighted by atomic mass is 16.6. The molecule has 0 unspecified atom stereocenters. The molecule has 1 N–H and O–H groups in total. The van der Waals surface area contributed by atoms with E-state index in [1.807, 2.05) is 0 Å². The average Bonchev–Trinajstić information content (AvgIpc) is 2.82. The van der Waals surface area contributed by atoms with Crippen molar-refractivity contribution in [1.82, 2.24) is 10.2 Å². The normalized spacial score (nSPS) is 15.6. The number of nitrogens with one attached hydrogen (secondary N) is 1. The Morgan fingerprint density at radius 3 is 2.44 bits per heavy atom. The summed E-state index contributed by atoms with van der Waals surface area (Å²) in [5.41, 5.74) is 1.14. The quantitative estimate of drug-likeness (QED) is 0.257. The molecule has 0 fully saturated rings. The van der Waals surface area contributed by atoms with Crippen LogP contribution in [0.1, 0.15) is 42.7 Å². The molecule has 178 valence electrons. The average molecular weight is 467 g/mol. The van der Waals surface area contributed by atoms with Crippen molar-refractivity contribution in [1.29, 1.82) is 0 Å². The second-order valence-corrected chi connectivity index (χ2v) is 7.43. The van der Waals surface area contributed by atoms with Gasteiger partial charge in [0.1, 0.15) is 12.4 Å². The van der Waals surface area contributed by atoms with Crippen LogP contribution >= 0.6 is 0 Å². The van der Waals surface area contributed by atoms with Crippen LogP contribution in [0.15, 0.2) is 59.8 Å². The van der Waals surface area contributed by atoms with Gasteiger partial charge in [-0.1, -0.05) is 12.1 Å². The molecule has 1 heterocycles. The van der Waals surface area contributed by atoms with Crippen molar-refractivity contribution in [2.45, 2.75) is 26.8 Å². The van der Waals surface area contributed by atoms with Gasteiger partial charge >= 0.3 is 12.0 Å². The molecular formula is C24H25N3O7. The van der Waals surface area contributed by atoms with Crippen molar-refractivity contribution < 1.29 is 28.8 Å². The highest BCUT2D eigenvalue weighted by molar-refractivity contribution is 5.95. The largest absolute Gasteiger partial charge is 0.487 e. The van der Waals surface area contributed by atoms with E-state index in [-0.39, 0.29) is 42.5 Å². The van der Waals surface area contributed by atoms with Gasteiger partial charge in [0.2, 0.25) is 0 Å². The Bertz CT molecular complexity index is 1140. The number of carbonyl (C=O) groups is 3. The number of benzene rings is 2. The fraction of sp³-hybridized carbons (Fsp3) is 0.292. The number of carbonyl (C=O) groups excluding carboxylic acids is 3. The number of Topliss-reactive ketones (excluding diaryl/α,β-unsaturated/α-hetero) is 1. The number of rotatable bonds is 9. The van der Waals surface area contributed by atoms with Gasteiger partial charge in [0, 0.05) is 24.2 Å². The van der Waals surface area contributed by atoms with Crippen molar-refractivity contribution in [2.24, 2.45) is 0 Å². The van der Waals surface area contributed by atoms with Gasteiger partial charge in [-0.25, -0.2) is 9.59 Å². The maximum Gasteiger partial charge on any atom is 0.338 e. The van der Waals surface area contributed by atoms with Gasteiger partial charge in [-0.3, -0.25) is 19.8 Å². The number of hydrogen-bond acceptors (Lipinski definition) is 7. The van der Waals surface area contributed by atoms with Crippen LogP contribution in [0, 0.1) is 10.1 Å². The molecule has 3 rings (SSSR count). The van der Waals surface area contributed by atoms with Gasteiger partial charge in [-0.2, -0.15) is 0 Å². The third-order valence-electron chi connectivity index (χ3n) is 5.30. The number of nitrogens with zero attached hydrogens (tertiary/aromatic N) is 2. The fourth-order valence-corrected chi connectivity index (χ4v) is 3.65. The maximum absolute atomic E-state index is 13.0. The van der Waals surface area contributed by atoms with Crippen LogP contribution in [0.2, 0.25) is 0 Å². The Hall–Kier alpha value is -4.21. The zero-order chi connectivity index (χ0) is 24.8. The number of ketones is 1. The number of hydrogen-bond donors (Lipinski definition) is 1. The summed E-state index contributed by atoms with van der Waals surface area (Å²) in [6.07, 6.45) is 0. The van der Waals surface area contributed by atoms with E-state index in [1.165, 1.54) is 30.0 Å². The van der Waals surface area contributed by atoms with Crippen molar-refractivity contribution in [3.05, 3.63) is 81.0 Å². The monoisotopic (exact) mass is 467 g/mol. The first-order chi connectivity index (χ1) is 16.3. The second kappa shape index (κ2) is 10.6. The number of nitro benzene ring substituents is 1. The SMILES string of the molecule is CCOC(=O)C1=C(COc2ccc(C(C)=O)cc2)N(CC)C(=O)N[C@@H]1c1cccc([N+](=O)[O-])c1. The van der Waals surface area contributed by atoms with E-state index >= 15 is 0 Å². The first-order valence-electron chi connectivity index (χ1n) is 10.7. The molecule has 0 saturated heterocycles. The maximum atomic E-state index is 13.0. The van der Waals surface area contributed by atoms with Gasteiger partial charge < -0.3 is 14.8 Å².